The highest BCUT2D eigenvalue weighted by Gasteiger charge is 2.31. The molecule has 0 spiro atoms. The number of imide groups is 1. The van der Waals surface area contributed by atoms with Crippen LogP contribution < -0.4 is 14.8 Å². The van der Waals surface area contributed by atoms with Crippen LogP contribution >= 0.6 is 0 Å². The molecule has 2 aliphatic heterocycles. The van der Waals surface area contributed by atoms with Crippen LogP contribution in [0.25, 0.3) is 0 Å². The Morgan fingerprint density at radius 2 is 1.81 bits per heavy atom. The molecule has 0 unspecified atom stereocenters. The first-order chi connectivity index (χ1) is 14.9. The van der Waals surface area contributed by atoms with Gasteiger partial charge in [-0.05, 0) is 35.2 Å². The Hall–Kier alpha value is -3.35. The largest absolute Gasteiger partial charge is 0.486 e. The smallest absolute Gasteiger partial charge is 0.260 e. The molecular weight excluding hydrogens is 396 g/mol. The van der Waals surface area contributed by atoms with Crippen LogP contribution in [0.2, 0.25) is 0 Å². The maximum Gasteiger partial charge on any atom is 0.260 e. The molecule has 4 rings (SSSR count). The highest BCUT2D eigenvalue weighted by molar-refractivity contribution is 6.09. The summed E-state index contributed by atoms with van der Waals surface area (Å²) in [6.45, 7) is 5.13. The molecule has 1 atom stereocenters. The molecule has 3 amide bonds. The summed E-state index contributed by atoms with van der Waals surface area (Å²) in [7, 11) is 0. The van der Waals surface area contributed by atoms with E-state index in [0.29, 0.717) is 30.3 Å². The number of benzene rings is 2. The zero-order valence-corrected chi connectivity index (χ0v) is 17.7. The molecule has 0 aliphatic carbocycles. The zero-order valence-electron chi connectivity index (χ0n) is 17.7. The number of carbonyl (C=O) groups is 3. The van der Waals surface area contributed by atoms with E-state index >= 15 is 0 Å². The third kappa shape index (κ3) is 4.40. The molecule has 162 valence electrons. The van der Waals surface area contributed by atoms with Crippen LogP contribution in [0.3, 0.4) is 0 Å². The topological polar surface area (TPSA) is 84.9 Å². The third-order valence-corrected chi connectivity index (χ3v) is 5.61. The zero-order chi connectivity index (χ0) is 22.0. The van der Waals surface area contributed by atoms with Crippen molar-refractivity contribution in [2.24, 2.45) is 5.92 Å². The fourth-order valence-electron chi connectivity index (χ4n) is 3.97. The normalized spacial score (nSPS) is 16.2. The van der Waals surface area contributed by atoms with E-state index in [1.54, 1.807) is 18.2 Å². The Bertz CT molecular complexity index is 1020. The highest BCUT2D eigenvalue weighted by atomic mass is 16.6. The van der Waals surface area contributed by atoms with Crippen LogP contribution in [0, 0.1) is 5.92 Å². The number of hydrogen-bond acceptors (Lipinski definition) is 5. The molecule has 7 heteroatoms. The second kappa shape index (κ2) is 8.79. The lowest BCUT2D eigenvalue weighted by Gasteiger charge is -2.28. The van der Waals surface area contributed by atoms with Crippen molar-refractivity contribution in [3.05, 3.63) is 59.2 Å². The minimum absolute atomic E-state index is 0.0490. The minimum atomic E-state index is -0.341. The third-order valence-electron chi connectivity index (χ3n) is 5.61. The molecule has 31 heavy (non-hydrogen) atoms. The lowest BCUT2D eigenvalue weighted by atomic mass is 9.95. The van der Waals surface area contributed by atoms with E-state index in [1.165, 1.54) is 4.90 Å². The molecule has 0 saturated heterocycles. The van der Waals surface area contributed by atoms with Crippen molar-refractivity contribution in [3.63, 3.8) is 0 Å². The first-order valence-electron chi connectivity index (χ1n) is 10.6. The van der Waals surface area contributed by atoms with Crippen molar-refractivity contribution in [2.75, 3.05) is 19.8 Å². The first-order valence-corrected chi connectivity index (χ1v) is 10.6. The monoisotopic (exact) mass is 422 g/mol. The van der Waals surface area contributed by atoms with Gasteiger partial charge in [-0.25, -0.2) is 0 Å². The number of amides is 3. The van der Waals surface area contributed by atoms with Crippen molar-refractivity contribution >= 4 is 17.7 Å². The summed E-state index contributed by atoms with van der Waals surface area (Å²) in [6.07, 6.45) is 0.225. The molecule has 0 saturated carbocycles. The van der Waals surface area contributed by atoms with Crippen LogP contribution in [0.15, 0.2) is 42.5 Å². The molecule has 2 aromatic carbocycles. The van der Waals surface area contributed by atoms with E-state index in [-0.39, 0.29) is 49.1 Å². The summed E-state index contributed by atoms with van der Waals surface area (Å²) >= 11 is 0. The van der Waals surface area contributed by atoms with Gasteiger partial charge in [0.15, 0.2) is 11.5 Å². The summed E-state index contributed by atoms with van der Waals surface area (Å²) in [5, 5.41) is 3.04. The summed E-state index contributed by atoms with van der Waals surface area (Å²) in [5.74, 6) is 0.679. The van der Waals surface area contributed by atoms with Gasteiger partial charge < -0.3 is 14.8 Å². The highest BCUT2D eigenvalue weighted by Crippen LogP contribution is 2.34. The SMILES string of the molecule is CC(C)[C@@H](NC(=O)CCN1C(=O)Cc2ccccc2C1=O)c1ccc2c(c1)OCCO2. The van der Waals surface area contributed by atoms with Gasteiger partial charge in [0, 0.05) is 18.5 Å². The Morgan fingerprint density at radius 3 is 2.58 bits per heavy atom. The fraction of sp³-hybridized carbons (Fsp3) is 0.375. The maximum absolute atomic E-state index is 12.7. The van der Waals surface area contributed by atoms with Crippen molar-refractivity contribution < 1.29 is 23.9 Å². The lowest BCUT2D eigenvalue weighted by molar-refractivity contribution is -0.129. The lowest BCUT2D eigenvalue weighted by Crippen LogP contribution is -2.44. The Morgan fingerprint density at radius 1 is 1.06 bits per heavy atom. The second-order valence-corrected chi connectivity index (χ2v) is 8.13. The number of nitrogens with one attached hydrogen (secondary N) is 1. The molecule has 1 N–H and O–H groups in total. The average Bonchev–Trinajstić information content (AvgIpc) is 2.76. The van der Waals surface area contributed by atoms with Gasteiger partial charge in [0.2, 0.25) is 11.8 Å². The Labute approximate surface area is 181 Å². The van der Waals surface area contributed by atoms with E-state index in [2.05, 4.69) is 5.32 Å². The van der Waals surface area contributed by atoms with Gasteiger partial charge in [0.25, 0.3) is 5.91 Å². The van der Waals surface area contributed by atoms with Crippen molar-refractivity contribution in [3.8, 4) is 11.5 Å². The Kier molecular flexibility index (Phi) is 5.93. The van der Waals surface area contributed by atoms with Gasteiger partial charge >= 0.3 is 0 Å². The molecule has 0 bridgehead atoms. The second-order valence-electron chi connectivity index (χ2n) is 8.13. The predicted octanol–water partition coefficient (Wildman–Crippen LogP) is 2.89. The molecule has 7 nitrogen and oxygen atoms in total. The molecule has 0 radical (unpaired) electrons. The van der Waals surface area contributed by atoms with Gasteiger partial charge in [0.1, 0.15) is 13.2 Å². The first kappa shape index (κ1) is 20.9. The maximum atomic E-state index is 12.7. The average molecular weight is 422 g/mol. The molecule has 2 aromatic rings. The van der Waals surface area contributed by atoms with Gasteiger partial charge in [-0.1, -0.05) is 38.1 Å². The standard InChI is InChI=1S/C24H26N2O5/c1-15(2)23(17-7-8-19-20(13-17)31-12-11-30-19)25-21(27)9-10-26-22(28)14-16-5-3-4-6-18(16)24(26)29/h3-8,13,15,23H,9-12,14H2,1-2H3,(H,25,27)/t23-/m1/s1. The molecule has 0 fully saturated rings. The summed E-state index contributed by atoms with van der Waals surface area (Å²) in [4.78, 5) is 39.0. The number of ether oxygens (including phenoxy) is 2. The van der Waals surface area contributed by atoms with Crippen LogP contribution in [-0.4, -0.2) is 42.4 Å². The summed E-state index contributed by atoms with van der Waals surface area (Å²) in [5.41, 5.74) is 2.18. The van der Waals surface area contributed by atoms with Gasteiger partial charge in [-0.2, -0.15) is 0 Å². The number of fused-ring (bicyclic) bond motifs is 2. The van der Waals surface area contributed by atoms with Crippen LogP contribution in [-0.2, 0) is 16.0 Å². The summed E-state index contributed by atoms with van der Waals surface area (Å²) < 4.78 is 11.2. The van der Waals surface area contributed by atoms with Crippen LogP contribution in [0.1, 0.15) is 47.8 Å². The summed E-state index contributed by atoms with van der Waals surface area (Å²) in [6, 6.07) is 12.5. The number of rotatable bonds is 6. The van der Waals surface area contributed by atoms with E-state index in [1.807, 2.05) is 38.1 Å². The number of carbonyl (C=O) groups excluding carboxylic acids is 3. The van der Waals surface area contributed by atoms with E-state index in [0.717, 1.165) is 11.1 Å². The fourth-order valence-corrected chi connectivity index (χ4v) is 3.97. The molecule has 2 heterocycles. The van der Waals surface area contributed by atoms with Gasteiger partial charge in [0.05, 0.1) is 12.5 Å². The number of hydrogen-bond donors (Lipinski definition) is 1. The van der Waals surface area contributed by atoms with E-state index in [4.69, 9.17) is 9.47 Å². The van der Waals surface area contributed by atoms with E-state index in [9.17, 15) is 14.4 Å². The van der Waals surface area contributed by atoms with Crippen LogP contribution in [0.4, 0.5) is 0 Å². The predicted molar refractivity (Wildman–Crippen MR) is 114 cm³/mol. The Balaban J connectivity index is 1.41. The van der Waals surface area contributed by atoms with Crippen molar-refractivity contribution in [1.82, 2.24) is 10.2 Å². The quantitative estimate of drug-likeness (QED) is 0.724. The molecule has 0 aromatic heterocycles. The van der Waals surface area contributed by atoms with Crippen molar-refractivity contribution in [1.29, 1.82) is 0 Å². The van der Waals surface area contributed by atoms with Crippen molar-refractivity contribution in [2.45, 2.75) is 32.7 Å². The molecular formula is C24H26N2O5. The van der Waals surface area contributed by atoms with Gasteiger partial charge in [-0.15, -0.1) is 0 Å². The minimum Gasteiger partial charge on any atom is -0.486 e. The van der Waals surface area contributed by atoms with E-state index < -0.39 is 0 Å². The van der Waals surface area contributed by atoms with Crippen LogP contribution in [0.5, 0.6) is 11.5 Å². The van der Waals surface area contributed by atoms with Gasteiger partial charge in [-0.3, -0.25) is 19.3 Å². The number of nitrogens with zero attached hydrogens (tertiary/aromatic N) is 1. The molecule has 2 aliphatic rings.